The molecule has 0 radical (unpaired) electrons. The first-order valence-electron chi connectivity index (χ1n) is 5.45. The Morgan fingerprint density at radius 2 is 2.08 bits per heavy atom. The van der Waals surface area contributed by atoms with Gasteiger partial charge in [0.15, 0.2) is 0 Å². The van der Waals surface area contributed by atoms with Crippen LogP contribution in [0, 0.1) is 0 Å². The van der Waals surface area contributed by atoms with E-state index in [4.69, 9.17) is 0 Å². The van der Waals surface area contributed by atoms with Crippen LogP contribution in [0.1, 0.15) is 25.7 Å². The van der Waals surface area contributed by atoms with E-state index in [9.17, 15) is 0 Å². The van der Waals surface area contributed by atoms with Gasteiger partial charge in [-0.25, -0.2) is 0 Å². The van der Waals surface area contributed by atoms with E-state index in [0.717, 1.165) is 13.1 Å². The Balaban J connectivity index is 1.57. The third-order valence-corrected chi connectivity index (χ3v) is 2.83. The Kier molecular flexibility index (Phi) is 3.19. The molecule has 3 heteroatoms. The zero-order valence-corrected chi connectivity index (χ0v) is 8.26. The van der Waals surface area contributed by atoms with Gasteiger partial charge >= 0.3 is 0 Å². The quantitative estimate of drug-likeness (QED) is 0.699. The van der Waals surface area contributed by atoms with Crippen molar-refractivity contribution < 1.29 is 0 Å². The van der Waals surface area contributed by atoms with Crippen molar-refractivity contribution in [2.45, 2.75) is 25.7 Å². The minimum Gasteiger partial charge on any atom is -0.373 e. The molecule has 0 atom stereocenters. The average molecular weight is 181 g/mol. The number of aliphatic imine (C=N–C) groups is 1. The predicted octanol–water partition coefficient (Wildman–Crippen LogP) is 0.864. The van der Waals surface area contributed by atoms with Crippen LogP contribution in [-0.2, 0) is 0 Å². The van der Waals surface area contributed by atoms with Crippen molar-refractivity contribution in [3.05, 3.63) is 0 Å². The molecule has 0 amide bonds. The number of likely N-dealkylation sites (tertiary alicyclic amines) is 1. The number of hydrogen-bond acceptors (Lipinski definition) is 3. The topological polar surface area (TPSA) is 27.6 Å². The normalized spacial score (nSPS) is 23.5. The van der Waals surface area contributed by atoms with E-state index < -0.39 is 0 Å². The van der Waals surface area contributed by atoms with Crippen molar-refractivity contribution >= 4 is 5.84 Å². The van der Waals surface area contributed by atoms with Gasteiger partial charge in [0.2, 0.25) is 0 Å². The molecule has 0 saturated carbocycles. The molecule has 1 N–H and O–H groups in total. The predicted molar refractivity (Wildman–Crippen MR) is 55.2 cm³/mol. The maximum absolute atomic E-state index is 4.39. The van der Waals surface area contributed by atoms with Crippen LogP contribution in [0.4, 0.5) is 0 Å². The summed E-state index contributed by atoms with van der Waals surface area (Å²) in [5, 5.41) is 3.42. The van der Waals surface area contributed by atoms with Gasteiger partial charge < -0.3 is 10.2 Å². The van der Waals surface area contributed by atoms with Crippen LogP contribution in [0.3, 0.4) is 0 Å². The summed E-state index contributed by atoms with van der Waals surface area (Å²) in [7, 11) is 0. The molecule has 1 saturated heterocycles. The van der Waals surface area contributed by atoms with Crippen LogP contribution in [0.2, 0.25) is 0 Å². The summed E-state index contributed by atoms with van der Waals surface area (Å²) >= 11 is 0. The molecule has 2 aliphatic heterocycles. The monoisotopic (exact) mass is 181 g/mol. The van der Waals surface area contributed by atoms with E-state index in [0.29, 0.717) is 0 Å². The number of rotatable bonds is 3. The van der Waals surface area contributed by atoms with E-state index in [1.54, 1.807) is 0 Å². The van der Waals surface area contributed by atoms with Gasteiger partial charge in [0.25, 0.3) is 0 Å². The first-order chi connectivity index (χ1) is 6.45. The minimum atomic E-state index is 1.03. The van der Waals surface area contributed by atoms with Gasteiger partial charge in [-0.1, -0.05) is 0 Å². The zero-order valence-electron chi connectivity index (χ0n) is 8.26. The molecular weight excluding hydrogens is 162 g/mol. The highest BCUT2D eigenvalue weighted by Gasteiger charge is 2.11. The molecule has 0 aromatic heterocycles. The van der Waals surface area contributed by atoms with E-state index in [1.807, 2.05) is 0 Å². The Morgan fingerprint density at radius 1 is 1.23 bits per heavy atom. The molecule has 0 aliphatic carbocycles. The van der Waals surface area contributed by atoms with Crippen molar-refractivity contribution in [3.8, 4) is 0 Å². The fourth-order valence-corrected chi connectivity index (χ4v) is 2.05. The van der Waals surface area contributed by atoms with Crippen LogP contribution < -0.4 is 5.32 Å². The van der Waals surface area contributed by atoms with Crippen molar-refractivity contribution in [1.82, 2.24) is 10.2 Å². The summed E-state index contributed by atoms with van der Waals surface area (Å²) < 4.78 is 0. The molecular formula is C10H19N3. The van der Waals surface area contributed by atoms with Crippen LogP contribution in [0.5, 0.6) is 0 Å². The zero-order chi connectivity index (χ0) is 8.93. The summed E-state index contributed by atoms with van der Waals surface area (Å²) in [6.45, 7) is 5.91. The summed E-state index contributed by atoms with van der Waals surface area (Å²) in [5.74, 6) is 1.24. The van der Waals surface area contributed by atoms with Crippen LogP contribution in [0.25, 0.3) is 0 Å². The summed E-state index contributed by atoms with van der Waals surface area (Å²) in [6.07, 6.45) is 5.19. The smallest absolute Gasteiger partial charge is 0.0964 e. The van der Waals surface area contributed by atoms with Crippen LogP contribution >= 0.6 is 0 Å². The Labute approximate surface area is 80.2 Å². The Bertz CT molecular complexity index is 183. The third kappa shape index (κ3) is 2.69. The molecule has 13 heavy (non-hydrogen) atoms. The second-order valence-electron chi connectivity index (χ2n) is 3.91. The lowest BCUT2D eigenvalue weighted by atomic mass is 10.3. The molecule has 0 unspecified atom stereocenters. The minimum absolute atomic E-state index is 1.03. The van der Waals surface area contributed by atoms with Crippen molar-refractivity contribution in [2.75, 3.05) is 32.7 Å². The maximum Gasteiger partial charge on any atom is 0.0964 e. The summed E-state index contributed by atoms with van der Waals surface area (Å²) in [6, 6.07) is 0. The van der Waals surface area contributed by atoms with E-state index >= 15 is 0 Å². The lowest BCUT2D eigenvalue weighted by Crippen LogP contribution is -2.32. The van der Waals surface area contributed by atoms with Gasteiger partial charge in [0.05, 0.1) is 5.84 Å². The molecule has 74 valence electrons. The standard InChI is InChI=1S/C10H19N3/c1-2-8-13(7-1)9-6-12-10-4-3-5-11-10/h1-9H2,(H,11,12). The van der Waals surface area contributed by atoms with Crippen LogP contribution in [0.15, 0.2) is 4.99 Å². The fourth-order valence-electron chi connectivity index (χ4n) is 2.05. The molecule has 1 fully saturated rings. The molecule has 3 nitrogen and oxygen atoms in total. The van der Waals surface area contributed by atoms with Gasteiger partial charge in [-0.15, -0.1) is 0 Å². The van der Waals surface area contributed by atoms with Crippen molar-refractivity contribution in [1.29, 1.82) is 0 Å². The SMILES string of the molecule is C1CN=C(NCCN2CCCC2)C1. The van der Waals surface area contributed by atoms with Gasteiger partial charge in [0, 0.05) is 26.1 Å². The molecule has 0 aromatic rings. The Hall–Kier alpha value is -0.570. The van der Waals surface area contributed by atoms with Gasteiger partial charge in [-0.05, 0) is 32.4 Å². The highest BCUT2D eigenvalue weighted by atomic mass is 15.2. The highest BCUT2D eigenvalue weighted by Crippen LogP contribution is 2.06. The van der Waals surface area contributed by atoms with Crippen molar-refractivity contribution in [2.24, 2.45) is 4.99 Å². The molecule has 0 aromatic carbocycles. The number of hydrogen-bond donors (Lipinski definition) is 1. The van der Waals surface area contributed by atoms with E-state index in [-0.39, 0.29) is 0 Å². The fraction of sp³-hybridized carbons (Fsp3) is 0.900. The van der Waals surface area contributed by atoms with Crippen molar-refractivity contribution in [3.63, 3.8) is 0 Å². The van der Waals surface area contributed by atoms with Gasteiger partial charge in [0.1, 0.15) is 0 Å². The van der Waals surface area contributed by atoms with Gasteiger partial charge in [-0.3, -0.25) is 4.99 Å². The Morgan fingerprint density at radius 3 is 2.77 bits per heavy atom. The summed E-state index contributed by atoms with van der Waals surface area (Å²) in [4.78, 5) is 6.92. The molecule has 0 bridgehead atoms. The second-order valence-corrected chi connectivity index (χ2v) is 3.91. The van der Waals surface area contributed by atoms with Gasteiger partial charge in [-0.2, -0.15) is 0 Å². The third-order valence-electron chi connectivity index (χ3n) is 2.83. The largest absolute Gasteiger partial charge is 0.373 e. The first-order valence-corrected chi connectivity index (χ1v) is 5.45. The number of nitrogens with one attached hydrogen (secondary N) is 1. The maximum atomic E-state index is 4.39. The second kappa shape index (κ2) is 4.61. The molecule has 2 aliphatic rings. The molecule has 0 spiro atoms. The van der Waals surface area contributed by atoms with E-state index in [2.05, 4.69) is 15.2 Å². The lowest BCUT2D eigenvalue weighted by molar-refractivity contribution is 0.343. The highest BCUT2D eigenvalue weighted by molar-refractivity contribution is 5.83. The van der Waals surface area contributed by atoms with E-state index in [1.165, 1.54) is 51.2 Å². The lowest BCUT2D eigenvalue weighted by Gasteiger charge is -2.14. The summed E-state index contributed by atoms with van der Waals surface area (Å²) in [5.41, 5.74) is 0. The molecule has 2 rings (SSSR count). The molecule has 2 heterocycles. The first kappa shape index (κ1) is 9.00. The average Bonchev–Trinajstić information content (AvgIpc) is 2.75. The number of nitrogens with zero attached hydrogens (tertiary/aromatic N) is 2. The van der Waals surface area contributed by atoms with Crippen LogP contribution in [-0.4, -0.2) is 43.5 Å². The number of amidine groups is 1.